The van der Waals surface area contributed by atoms with Crippen LogP contribution >= 0.6 is 20.8 Å². The molecule has 7 rings (SSSR count). The molecule has 2 aliphatic heterocycles. The van der Waals surface area contributed by atoms with Gasteiger partial charge in [-0.05, 0) is 103 Å². The topological polar surface area (TPSA) is 76.2 Å². The summed E-state index contributed by atoms with van der Waals surface area (Å²) in [6.45, 7) is 17.0. The van der Waals surface area contributed by atoms with Crippen molar-refractivity contribution in [2.45, 2.75) is 110 Å². The van der Waals surface area contributed by atoms with Gasteiger partial charge in [0, 0.05) is 0 Å². The predicted molar refractivity (Wildman–Crippen MR) is 263 cm³/mol. The molecule has 5 aromatic carbocycles. The molecule has 2 amide bonds. The van der Waals surface area contributed by atoms with E-state index in [0.29, 0.717) is 12.8 Å². The molecule has 2 fully saturated rings. The van der Waals surface area contributed by atoms with Crippen LogP contribution < -0.4 is 15.9 Å². The van der Waals surface area contributed by atoms with Crippen LogP contribution in [0, 0.1) is 11.6 Å². The summed E-state index contributed by atoms with van der Waals surface area (Å²) in [6.07, 6.45) is 4.59. The molecule has 5 aromatic rings. The van der Waals surface area contributed by atoms with Crippen molar-refractivity contribution >= 4 is 55.2 Å². The third-order valence-corrected chi connectivity index (χ3v) is 19.4. The maximum atomic E-state index is 13.1. The van der Waals surface area contributed by atoms with Crippen molar-refractivity contribution in [1.29, 1.82) is 0 Å². The van der Waals surface area contributed by atoms with Crippen LogP contribution in [0.25, 0.3) is 0 Å². The number of ether oxygens (including phenoxy) is 2. The molecular weight excluding hydrogens is 893 g/mol. The van der Waals surface area contributed by atoms with Gasteiger partial charge < -0.3 is 14.3 Å². The Bertz CT molecular complexity index is 2080. The van der Waals surface area contributed by atoms with Gasteiger partial charge in [0.15, 0.2) is 0 Å². The average Bonchev–Trinajstić information content (AvgIpc) is 3.90. The minimum atomic E-state index is -2.56. The maximum absolute atomic E-state index is 13.1. The minimum absolute atomic E-state index is 0. The van der Waals surface area contributed by atoms with E-state index < -0.39 is 28.6 Å². The molecular formula is C53H64BrF2N2O5P. The van der Waals surface area contributed by atoms with E-state index in [4.69, 9.17) is 9.47 Å². The average molecular weight is 958 g/mol. The van der Waals surface area contributed by atoms with E-state index in [1.807, 2.05) is 20.8 Å². The number of carbonyl (C=O) groups excluding carboxylic acids is 3. The van der Waals surface area contributed by atoms with Crippen molar-refractivity contribution in [2.75, 3.05) is 6.66 Å². The second-order valence-electron chi connectivity index (χ2n) is 18.0. The Morgan fingerprint density at radius 1 is 0.594 bits per heavy atom. The Morgan fingerprint density at radius 2 is 0.906 bits per heavy atom. The number of likely N-dealkylation sites (tertiary alicyclic amines) is 2. The van der Waals surface area contributed by atoms with Gasteiger partial charge in [-0.25, -0.2) is 18.4 Å². The summed E-state index contributed by atoms with van der Waals surface area (Å²) in [5, 5.41) is 1.48. The molecule has 0 aromatic heterocycles. The first-order chi connectivity index (χ1) is 29.7. The van der Waals surface area contributed by atoms with E-state index >= 15 is 0 Å². The predicted octanol–water partition coefficient (Wildman–Crippen LogP) is 13.0. The second kappa shape index (κ2) is 21.7. The van der Waals surface area contributed by atoms with E-state index in [9.17, 15) is 23.2 Å². The zero-order chi connectivity index (χ0) is 46.0. The second-order valence-corrected chi connectivity index (χ2v) is 27.7. The summed E-state index contributed by atoms with van der Waals surface area (Å²) >= 11 is 4.24. The summed E-state index contributed by atoms with van der Waals surface area (Å²) in [7, 11) is 0. The fourth-order valence-electron chi connectivity index (χ4n) is 8.01. The fraction of sp³-hybridized carbons (Fsp3) is 0.340. The van der Waals surface area contributed by atoms with Crippen molar-refractivity contribution in [3.63, 3.8) is 0 Å². The van der Waals surface area contributed by atoms with Crippen molar-refractivity contribution in [1.82, 2.24) is 9.80 Å². The van der Waals surface area contributed by atoms with Gasteiger partial charge in [0.1, 0.15) is 29.1 Å². The third kappa shape index (κ3) is 12.5. The van der Waals surface area contributed by atoms with Crippen LogP contribution in [0.2, 0.25) is 0 Å². The Labute approximate surface area is 387 Å². The zero-order valence-corrected chi connectivity index (χ0v) is 39.8. The van der Waals surface area contributed by atoms with Crippen LogP contribution in [0.1, 0.15) is 97.9 Å². The van der Waals surface area contributed by atoms with Gasteiger partial charge in [0.25, 0.3) is 0 Å². The SMILES string of the molecule is C.C=C[C@H]1CC[C@@H](c2ccc(F)cc2)N1C(=O)OC(C)(C)C.CC(C)(C)OC(=O)N1[C@@H](C=O)CC[C@H]1c1ccc(F)cc1.CP(Br)(c1ccccc1)(c1ccccc1)c1ccccc1. The Balaban J connectivity index is 0.000000209. The number of hydrogen-bond donors (Lipinski definition) is 0. The van der Waals surface area contributed by atoms with Gasteiger partial charge in [0.05, 0.1) is 24.2 Å². The van der Waals surface area contributed by atoms with Crippen LogP contribution in [0.15, 0.2) is 152 Å². The Hall–Kier alpha value is -5.18. The van der Waals surface area contributed by atoms with Crippen molar-refractivity contribution in [3.8, 4) is 0 Å². The molecule has 4 atom stereocenters. The Kier molecular flexibility index (Phi) is 17.4. The van der Waals surface area contributed by atoms with Gasteiger partial charge in [-0.2, -0.15) is 0 Å². The van der Waals surface area contributed by atoms with Crippen molar-refractivity contribution in [3.05, 3.63) is 175 Å². The molecule has 7 nitrogen and oxygen atoms in total. The van der Waals surface area contributed by atoms with E-state index in [0.717, 1.165) is 30.3 Å². The summed E-state index contributed by atoms with van der Waals surface area (Å²) < 4.78 is 37.0. The molecule has 342 valence electrons. The Morgan fingerprint density at radius 3 is 1.20 bits per heavy atom. The standard InChI is InChI=1S/C19H18BrP.C17H22FNO2.C16H20FNO3.CH4/c1-21(20,17-11-5-2-6-12-17,18-13-7-3-8-14-18)19-15-9-4-10-16-19;1-5-14-10-11-15(12-6-8-13(18)9-7-12)19(14)16(20)21-17(2,3)4;1-16(2,3)21-15(20)18-13(10-19)8-9-14(18)11-4-6-12(17)7-5-11;/h2-16H,1H3;5-9,14-15H,1,10-11H2,2-4H3;4-7,10,13-14H,8-9H2,1-3H3;1H4/t;14-,15-;13-,14+;/m.01./s1. The van der Waals surface area contributed by atoms with E-state index in [1.54, 1.807) is 56.0 Å². The normalized spacial score (nSPS) is 18.9. The number of rotatable bonds is 7. The van der Waals surface area contributed by atoms with Crippen LogP contribution in [0.4, 0.5) is 18.4 Å². The first kappa shape index (κ1) is 51.5. The first-order valence-electron chi connectivity index (χ1n) is 21.3. The number of aldehydes is 1. The summed E-state index contributed by atoms with van der Waals surface area (Å²) in [5.41, 5.74) is 0.567. The van der Waals surface area contributed by atoms with Crippen LogP contribution in [-0.4, -0.2) is 58.2 Å². The summed E-state index contributed by atoms with van der Waals surface area (Å²) in [4.78, 5) is 39.2. The van der Waals surface area contributed by atoms with Crippen molar-refractivity contribution in [2.24, 2.45) is 0 Å². The van der Waals surface area contributed by atoms with Crippen LogP contribution in [0.3, 0.4) is 0 Å². The van der Waals surface area contributed by atoms with Crippen molar-refractivity contribution < 1.29 is 32.6 Å². The number of nitrogens with zero attached hydrogens (tertiary/aromatic N) is 2. The van der Waals surface area contributed by atoms with Gasteiger partial charge >= 0.3 is 147 Å². The number of benzene rings is 5. The molecule has 0 saturated carbocycles. The van der Waals surface area contributed by atoms with Gasteiger partial charge in [-0.15, -0.1) is 6.58 Å². The van der Waals surface area contributed by atoms with Crippen LogP contribution in [0.5, 0.6) is 0 Å². The molecule has 0 radical (unpaired) electrons. The molecule has 0 aliphatic carbocycles. The van der Waals surface area contributed by atoms with Crippen LogP contribution in [-0.2, 0) is 14.3 Å². The summed E-state index contributed by atoms with van der Waals surface area (Å²) in [5.74, 6) is -0.603. The number of hydrogen-bond acceptors (Lipinski definition) is 5. The molecule has 0 unspecified atom stereocenters. The van der Waals surface area contributed by atoms with Gasteiger partial charge in [-0.1, -0.05) is 37.8 Å². The summed E-state index contributed by atoms with van der Waals surface area (Å²) in [6, 6.07) is 43.7. The molecule has 11 heteroatoms. The number of halogens is 3. The molecule has 0 spiro atoms. The van der Waals surface area contributed by atoms with E-state index in [1.165, 1.54) is 45.1 Å². The first-order valence-corrected chi connectivity index (χ1v) is 26.0. The van der Waals surface area contributed by atoms with E-state index in [2.05, 4.69) is 120 Å². The molecule has 2 heterocycles. The number of carbonyl (C=O) groups is 3. The molecule has 2 saturated heterocycles. The molecule has 0 bridgehead atoms. The third-order valence-electron chi connectivity index (χ3n) is 11.1. The number of amides is 2. The molecule has 2 aliphatic rings. The van der Waals surface area contributed by atoms with Gasteiger partial charge in [0.2, 0.25) is 0 Å². The van der Waals surface area contributed by atoms with Gasteiger partial charge in [-0.3, -0.25) is 9.80 Å². The van der Waals surface area contributed by atoms with E-state index in [-0.39, 0.29) is 43.3 Å². The molecule has 0 N–H and O–H groups in total. The molecule has 64 heavy (non-hydrogen) atoms. The quantitative estimate of drug-likeness (QED) is 0.0923. The monoisotopic (exact) mass is 956 g/mol. The zero-order valence-electron chi connectivity index (χ0n) is 37.3. The fourth-order valence-corrected chi connectivity index (χ4v) is 13.7.